The molecule has 1 aliphatic rings. The van der Waals surface area contributed by atoms with Crippen LogP contribution in [-0.4, -0.2) is 21.3 Å². The second-order valence-electron chi connectivity index (χ2n) is 4.64. The van der Waals surface area contributed by atoms with Gasteiger partial charge >= 0.3 is 0 Å². The lowest BCUT2D eigenvalue weighted by Crippen LogP contribution is -2.17. The minimum Gasteiger partial charge on any atom is -0.330 e. The summed E-state index contributed by atoms with van der Waals surface area (Å²) in [6.07, 6.45) is 8.08. The first kappa shape index (κ1) is 10.6. The molecule has 1 fully saturated rings. The van der Waals surface area contributed by atoms with Gasteiger partial charge in [-0.15, -0.1) is 10.2 Å². The Morgan fingerprint density at radius 2 is 2.27 bits per heavy atom. The highest BCUT2D eigenvalue weighted by Crippen LogP contribution is 2.30. The molecule has 4 nitrogen and oxygen atoms in total. The fraction of sp³-hybridized carbons (Fsp3) is 0.818. The van der Waals surface area contributed by atoms with Crippen LogP contribution < -0.4 is 5.73 Å². The molecule has 2 rings (SSSR count). The summed E-state index contributed by atoms with van der Waals surface area (Å²) in [6.45, 7) is 2.88. The van der Waals surface area contributed by atoms with Crippen molar-refractivity contribution in [1.82, 2.24) is 14.8 Å². The molecule has 1 unspecified atom stereocenters. The van der Waals surface area contributed by atoms with Gasteiger partial charge in [0.25, 0.3) is 0 Å². The zero-order valence-corrected chi connectivity index (χ0v) is 9.39. The van der Waals surface area contributed by atoms with Crippen LogP contribution in [0.1, 0.15) is 44.5 Å². The number of aromatic nitrogens is 3. The molecule has 1 heterocycles. The maximum Gasteiger partial charge on any atom is 0.133 e. The Kier molecular flexibility index (Phi) is 3.36. The van der Waals surface area contributed by atoms with E-state index < -0.39 is 0 Å². The third-order valence-electron chi connectivity index (χ3n) is 3.30. The van der Waals surface area contributed by atoms with E-state index in [2.05, 4.69) is 21.7 Å². The number of nitrogens with zero attached hydrogens (tertiary/aromatic N) is 3. The molecule has 1 aliphatic carbocycles. The molecule has 0 aromatic carbocycles. The molecule has 0 spiro atoms. The Morgan fingerprint density at radius 1 is 1.53 bits per heavy atom. The molecule has 0 aliphatic heterocycles. The number of rotatable bonds is 4. The van der Waals surface area contributed by atoms with Gasteiger partial charge in [0.1, 0.15) is 12.2 Å². The van der Waals surface area contributed by atoms with E-state index in [4.69, 9.17) is 5.73 Å². The van der Waals surface area contributed by atoms with Crippen LogP contribution in [0.15, 0.2) is 6.33 Å². The summed E-state index contributed by atoms with van der Waals surface area (Å²) in [5, 5.41) is 8.23. The molecule has 0 radical (unpaired) electrons. The van der Waals surface area contributed by atoms with E-state index >= 15 is 0 Å². The molecule has 2 N–H and O–H groups in total. The summed E-state index contributed by atoms with van der Waals surface area (Å²) in [4.78, 5) is 0. The Bertz CT molecular complexity index is 301. The van der Waals surface area contributed by atoms with Crippen LogP contribution in [0.4, 0.5) is 0 Å². The van der Waals surface area contributed by atoms with Crippen molar-refractivity contribution in [1.29, 1.82) is 0 Å². The number of nitrogens with two attached hydrogens (primary N) is 1. The average molecular weight is 208 g/mol. The Labute approximate surface area is 90.9 Å². The highest BCUT2D eigenvalue weighted by Gasteiger charge is 2.20. The van der Waals surface area contributed by atoms with Crippen molar-refractivity contribution in [2.75, 3.05) is 6.54 Å². The van der Waals surface area contributed by atoms with Gasteiger partial charge in [0.2, 0.25) is 0 Å². The monoisotopic (exact) mass is 208 g/mol. The smallest absolute Gasteiger partial charge is 0.133 e. The molecule has 15 heavy (non-hydrogen) atoms. The molecule has 1 aromatic rings. The van der Waals surface area contributed by atoms with E-state index in [0.717, 1.165) is 18.8 Å². The van der Waals surface area contributed by atoms with Crippen LogP contribution in [-0.2, 0) is 6.42 Å². The van der Waals surface area contributed by atoms with Gasteiger partial charge in [-0.1, -0.05) is 19.8 Å². The maximum absolute atomic E-state index is 5.63. The Hall–Kier alpha value is -0.900. The van der Waals surface area contributed by atoms with Gasteiger partial charge in [0.05, 0.1) is 0 Å². The van der Waals surface area contributed by atoms with E-state index in [-0.39, 0.29) is 0 Å². The lowest BCUT2D eigenvalue weighted by Gasteiger charge is -2.15. The van der Waals surface area contributed by atoms with E-state index in [0.29, 0.717) is 12.0 Å². The van der Waals surface area contributed by atoms with Crippen LogP contribution >= 0.6 is 0 Å². The van der Waals surface area contributed by atoms with Crippen molar-refractivity contribution >= 4 is 0 Å². The topological polar surface area (TPSA) is 56.7 Å². The highest BCUT2D eigenvalue weighted by atomic mass is 15.3. The summed E-state index contributed by atoms with van der Waals surface area (Å²) >= 11 is 0. The second kappa shape index (κ2) is 4.75. The molecule has 4 heteroatoms. The van der Waals surface area contributed by atoms with Crippen molar-refractivity contribution in [3.8, 4) is 0 Å². The summed E-state index contributed by atoms with van der Waals surface area (Å²) in [7, 11) is 0. The lowest BCUT2D eigenvalue weighted by atomic mass is 10.1. The van der Waals surface area contributed by atoms with E-state index in [1.165, 1.54) is 25.7 Å². The summed E-state index contributed by atoms with van der Waals surface area (Å²) < 4.78 is 2.26. The predicted octanol–water partition coefficient (Wildman–Crippen LogP) is 1.53. The van der Waals surface area contributed by atoms with E-state index in [9.17, 15) is 0 Å². The molecule has 1 saturated carbocycles. The van der Waals surface area contributed by atoms with E-state index in [1.807, 2.05) is 6.33 Å². The molecule has 0 amide bonds. The van der Waals surface area contributed by atoms with Gasteiger partial charge in [-0.25, -0.2) is 0 Å². The first-order chi connectivity index (χ1) is 7.31. The fourth-order valence-electron chi connectivity index (χ4n) is 2.30. The van der Waals surface area contributed by atoms with Crippen molar-refractivity contribution in [2.24, 2.45) is 11.7 Å². The standard InChI is InChI=1S/C11H20N4/c1-9(7-12)6-11-14-13-8-15(11)10-4-2-3-5-10/h8-10H,2-7,12H2,1H3. The zero-order chi connectivity index (χ0) is 10.7. The number of hydrogen-bond donors (Lipinski definition) is 1. The van der Waals surface area contributed by atoms with Gasteiger partial charge in [0, 0.05) is 12.5 Å². The minimum absolute atomic E-state index is 0.495. The average Bonchev–Trinajstić information content (AvgIpc) is 2.86. The minimum atomic E-state index is 0.495. The van der Waals surface area contributed by atoms with Crippen molar-refractivity contribution in [3.63, 3.8) is 0 Å². The van der Waals surface area contributed by atoms with Gasteiger partial charge in [0.15, 0.2) is 0 Å². The zero-order valence-electron chi connectivity index (χ0n) is 9.39. The quantitative estimate of drug-likeness (QED) is 0.816. The fourth-order valence-corrected chi connectivity index (χ4v) is 2.30. The van der Waals surface area contributed by atoms with Crippen LogP contribution in [0, 0.1) is 5.92 Å². The van der Waals surface area contributed by atoms with Gasteiger partial charge in [-0.2, -0.15) is 0 Å². The third-order valence-corrected chi connectivity index (χ3v) is 3.30. The third kappa shape index (κ3) is 2.37. The van der Waals surface area contributed by atoms with Gasteiger partial charge < -0.3 is 10.3 Å². The van der Waals surface area contributed by atoms with Crippen molar-refractivity contribution in [3.05, 3.63) is 12.2 Å². The van der Waals surface area contributed by atoms with Crippen molar-refractivity contribution in [2.45, 2.75) is 45.1 Å². The summed E-state index contributed by atoms with van der Waals surface area (Å²) in [5.74, 6) is 1.61. The molecule has 84 valence electrons. The summed E-state index contributed by atoms with van der Waals surface area (Å²) in [6, 6.07) is 0.639. The molecule has 1 aromatic heterocycles. The van der Waals surface area contributed by atoms with E-state index in [1.54, 1.807) is 0 Å². The second-order valence-corrected chi connectivity index (χ2v) is 4.64. The molecular formula is C11H20N4. The predicted molar refractivity (Wildman–Crippen MR) is 59.4 cm³/mol. The molecule has 1 atom stereocenters. The lowest BCUT2D eigenvalue weighted by molar-refractivity contribution is 0.471. The van der Waals surface area contributed by atoms with Crippen LogP contribution in [0.5, 0.6) is 0 Å². The first-order valence-corrected chi connectivity index (χ1v) is 5.89. The molecule has 0 bridgehead atoms. The van der Waals surface area contributed by atoms with Crippen molar-refractivity contribution < 1.29 is 0 Å². The normalized spacial score (nSPS) is 19.6. The Balaban J connectivity index is 2.07. The largest absolute Gasteiger partial charge is 0.330 e. The first-order valence-electron chi connectivity index (χ1n) is 5.89. The van der Waals surface area contributed by atoms with Gasteiger partial charge in [-0.05, 0) is 25.3 Å². The number of hydrogen-bond acceptors (Lipinski definition) is 3. The van der Waals surface area contributed by atoms with Crippen LogP contribution in [0.2, 0.25) is 0 Å². The molecular weight excluding hydrogens is 188 g/mol. The maximum atomic E-state index is 5.63. The molecule has 0 saturated heterocycles. The van der Waals surface area contributed by atoms with Gasteiger partial charge in [-0.3, -0.25) is 0 Å². The van der Waals surface area contributed by atoms with Crippen LogP contribution in [0.25, 0.3) is 0 Å². The summed E-state index contributed by atoms with van der Waals surface area (Å²) in [5.41, 5.74) is 5.63. The van der Waals surface area contributed by atoms with Crippen LogP contribution in [0.3, 0.4) is 0 Å². The highest BCUT2D eigenvalue weighted by molar-refractivity contribution is 4.92. The Morgan fingerprint density at radius 3 is 2.93 bits per heavy atom. The SMILES string of the molecule is CC(CN)Cc1nncn1C1CCCC1.